The average Bonchev–Trinajstić information content (AvgIpc) is 3.36. The third kappa shape index (κ3) is 5.14. The number of carbonyl (C=O) groups excluding carboxylic acids is 2. The minimum Gasteiger partial charge on any atom is -0.497 e. The summed E-state index contributed by atoms with van der Waals surface area (Å²) in [5.41, 5.74) is 1.42. The van der Waals surface area contributed by atoms with Crippen molar-refractivity contribution < 1.29 is 14.3 Å². The van der Waals surface area contributed by atoms with E-state index in [0.29, 0.717) is 30.2 Å². The van der Waals surface area contributed by atoms with Gasteiger partial charge in [-0.05, 0) is 72.8 Å². The molecule has 3 aromatic rings. The SMILES string of the molecule is COc1ccc(N(Cc2cccs2)C(=O)[C@@H]2CCCN(C(=O)c3ccc(Cl)cc3)C2)cc1. The van der Waals surface area contributed by atoms with E-state index in [1.807, 2.05) is 46.7 Å². The predicted molar refractivity (Wildman–Crippen MR) is 129 cm³/mol. The summed E-state index contributed by atoms with van der Waals surface area (Å²) < 4.78 is 5.27. The Labute approximate surface area is 197 Å². The maximum atomic E-state index is 13.7. The lowest BCUT2D eigenvalue weighted by atomic mass is 9.95. The van der Waals surface area contributed by atoms with E-state index < -0.39 is 0 Å². The number of piperidine rings is 1. The van der Waals surface area contributed by atoms with Gasteiger partial charge in [0.1, 0.15) is 5.75 Å². The molecule has 1 saturated heterocycles. The summed E-state index contributed by atoms with van der Waals surface area (Å²) in [6, 6.07) is 18.5. The number of anilines is 1. The number of halogens is 1. The molecular formula is C25H25ClN2O3S. The molecule has 4 rings (SSSR count). The third-order valence-electron chi connectivity index (χ3n) is 5.69. The number of thiophene rings is 1. The van der Waals surface area contributed by atoms with E-state index in [1.54, 1.807) is 47.6 Å². The molecule has 166 valence electrons. The Morgan fingerprint density at radius 1 is 1.12 bits per heavy atom. The van der Waals surface area contributed by atoms with E-state index in [2.05, 4.69) is 0 Å². The Balaban J connectivity index is 1.53. The number of carbonyl (C=O) groups is 2. The Bertz CT molecular complexity index is 1050. The zero-order chi connectivity index (χ0) is 22.5. The van der Waals surface area contributed by atoms with E-state index in [1.165, 1.54) is 0 Å². The Morgan fingerprint density at radius 3 is 2.53 bits per heavy atom. The first kappa shape index (κ1) is 22.4. The van der Waals surface area contributed by atoms with Crippen molar-refractivity contribution >= 4 is 40.4 Å². The second-order valence-corrected chi connectivity index (χ2v) is 9.27. The lowest BCUT2D eigenvalue weighted by molar-refractivity contribution is -0.123. The zero-order valence-electron chi connectivity index (χ0n) is 17.9. The van der Waals surface area contributed by atoms with Crippen LogP contribution >= 0.6 is 22.9 Å². The summed E-state index contributed by atoms with van der Waals surface area (Å²) in [5, 5.41) is 2.61. The van der Waals surface area contributed by atoms with Crippen LogP contribution in [0.2, 0.25) is 5.02 Å². The highest BCUT2D eigenvalue weighted by atomic mass is 35.5. The van der Waals surface area contributed by atoms with Crippen LogP contribution in [0.15, 0.2) is 66.0 Å². The Kier molecular flexibility index (Phi) is 7.12. The molecule has 0 N–H and O–H groups in total. The quantitative estimate of drug-likeness (QED) is 0.480. The molecule has 1 aromatic heterocycles. The van der Waals surface area contributed by atoms with Gasteiger partial charge in [-0.2, -0.15) is 0 Å². The Morgan fingerprint density at radius 2 is 1.88 bits per heavy atom. The molecule has 7 heteroatoms. The molecule has 2 heterocycles. The summed E-state index contributed by atoms with van der Waals surface area (Å²) in [7, 11) is 1.62. The molecule has 2 amide bonds. The van der Waals surface area contributed by atoms with Crippen LogP contribution in [0.5, 0.6) is 5.75 Å². The largest absolute Gasteiger partial charge is 0.497 e. The van der Waals surface area contributed by atoms with Gasteiger partial charge in [0.15, 0.2) is 0 Å². The van der Waals surface area contributed by atoms with Crippen molar-refractivity contribution in [2.75, 3.05) is 25.1 Å². The summed E-state index contributed by atoms with van der Waals surface area (Å²) in [6.45, 7) is 1.57. The number of rotatable bonds is 6. The van der Waals surface area contributed by atoms with Crippen molar-refractivity contribution in [3.05, 3.63) is 81.5 Å². The van der Waals surface area contributed by atoms with Gasteiger partial charge in [-0.15, -0.1) is 11.3 Å². The van der Waals surface area contributed by atoms with E-state index in [4.69, 9.17) is 16.3 Å². The van der Waals surface area contributed by atoms with E-state index in [0.717, 1.165) is 29.2 Å². The van der Waals surface area contributed by atoms with E-state index in [-0.39, 0.29) is 17.7 Å². The summed E-state index contributed by atoms with van der Waals surface area (Å²) in [5.74, 6) is 0.474. The number of benzene rings is 2. The molecule has 0 unspecified atom stereocenters. The van der Waals surface area contributed by atoms with Gasteiger partial charge < -0.3 is 14.5 Å². The molecule has 0 radical (unpaired) electrons. The number of amides is 2. The fourth-order valence-electron chi connectivity index (χ4n) is 3.98. The average molecular weight is 469 g/mol. The van der Waals surface area contributed by atoms with Crippen LogP contribution in [0.3, 0.4) is 0 Å². The molecule has 2 aromatic carbocycles. The smallest absolute Gasteiger partial charge is 0.253 e. The summed E-state index contributed by atoms with van der Waals surface area (Å²) in [6.07, 6.45) is 1.56. The van der Waals surface area contributed by atoms with Gasteiger partial charge in [0.25, 0.3) is 5.91 Å². The maximum absolute atomic E-state index is 13.7. The number of hydrogen-bond donors (Lipinski definition) is 0. The fourth-order valence-corrected chi connectivity index (χ4v) is 4.79. The third-order valence-corrected chi connectivity index (χ3v) is 6.81. The number of hydrogen-bond acceptors (Lipinski definition) is 4. The molecule has 0 saturated carbocycles. The minimum absolute atomic E-state index is 0.0390. The number of likely N-dealkylation sites (tertiary alicyclic amines) is 1. The van der Waals surface area contributed by atoms with Crippen LogP contribution in [0.25, 0.3) is 0 Å². The van der Waals surface area contributed by atoms with Crippen LogP contribution < -0.4 is 9.64 Å². The topological polar surface area (TPSA) is 49.9 Å². The van der Waals surface area contributed by atoms with Crippen molar-refractivity contribution in [2.24, 2.45) is 5.92 Å². The lowest BCUT2D eigenvalue weighted by Crippen LogP contribution is -2.46. The van der Waals surface area contributed by atoms with Crippen LogP contribution in [-0.2, 0) is 11.3 Å². The monoisotopic (exact) mass is 468 g/mol. The van der Waals surface area contributed by atoms with Crippen molar-refractivity contribution in [2.45, 2.75) is 19.4 Å². The van der Waals surface area contributed by atoms with E-state index in [9.17, 15) is 9.59 Å². The van der Waals surface area contributed by atoms with Crippen LogP contribution in [-0.4, -0.2) is 36.9 Å². The maximum Gasteiger partial charge on any atom is 0.253 e. The molecule has 32 heavy (non-hydrogen) atoms. The van der Waals surface area contributed by atoms with Gasteiger partial charge in [-0.1, -0.05) is 17.7 Å². The van der Waals surface area contributed by atoms with E-state index >= 15 is 0 Å². The van der Waals surface area contributed by atoms with Gasteiger partial charge in [0.05, 0.1) is 19.6 Å². The first-order chi connectivity index (χ1) is 15.5. The standard InChI is InChI=1S/C25H25ClN2O3S/c1-31-22-12-10-21(11-13-22)28(17-23-5-3-15-32-23)25(30)19-4-2-14-27(16-19)24(29)18-6-8-20(26)9-7-18/h3,5-13,15,19H,2,4,14,16-17H2,1H3/t19-/m1/s1. The summed E-state index contributed by atoms with van der Waals surface area (Å²) in [4.78, 5) is 31.4. The first-order valence-corrected chi connectivity index (χ1v) is 11.8. The first-order valence-electron chi connectivity index (χ1n) is 10.6. The molecule has 1 aliphatic heterocycles. The molecule has 0 bridgehead atoms. The van der Waals surface area contributed by atoms with Crippen LogP contribution in [0.4, 0.5) is 5.69 Å². The normalized spacial score (nSPS) is 15.9. The van der Waals surface area contributed by atoms with Gasteiger partial charge in [0, 0.05) is 34.2 Å². The lowest BCUT2D eigenvalue weighted by Gasteiger charge is -2.35. The molecule has 0 aliphatic carbocycles. The number of methoxy groups -OCH3 is 1. The molecule has 1 aliphatic rings. The molecule has 5 nitrogen and oxygen atoms in total. The fraction of sp³-hybridized carbons (Fsp3) is 0.280. The molecule has 0 spiro atoms. The second-order valence-electron chi connectivity index (χ2n) is 7.80. The number of ether oxygens (including phenoxy) is 1. The van der Waals surface area contributed by atoms with Crippen molar-refractivity contribution in [1.29, 1.82) is 0 Å². The molecule has 1 atom stereocenters. The summed E-state index contributed by atoms with van der Waals surface area (Å²) >= 11 is 7.58. The van der Waals surface area contributed by atoms with Crippen molar-refractivity contribution in [1.82, 2.24) is 4.90 Å². The van der Waals surface area contributed by atoms with Gasteiger partial charge in [0.2, 0.25) is 5.91 Å². The minimum atomic E-state index is -0.248. The molecular weight excluding hydrogens is 444 g/mol. The second kappa shape index (κ2) is 10.2. The number of nitrogens with zero attached hydrogens (tertiary/aromatic N) is 2. The highest BCUT2D eigenvalue weighted by Gasteiger charge is 2.32. The van der Waals surface area contributed by atoms with Gasteiger partial charge >= 0.3 is 0 Å². The van der Waals surface area contributed by atoms with Crippen molar-refractivity contribution in [3.8, 4) is 5.75 Å². The predicted octanol–water partition coefficient (Wildman–Crippen LogP) is 5.50. The zero-order valence-corrected chi connectivity index (χ0v) is 19.4. The van der Waals surface area contributed by atoms with Gasteiger partial charge in [-0.25, -0.2) is 0 Å². The van der Waals surface area contributed by atoms with Crippen LogP contribution in [0, 0.1) is 5.92 Å². The Hall–Kier alpha value is -2.83. The van der Waals surface area contributed by atoms with Crippen molar-refractivity contribution in [3.63, 3.8) is 0 Å². The highest BCUT2D eigenvalue weighted by molar-refractivity contribution is 7.09. The van der Waals surface area contributed by atoms with Crippen LogP contribution in [0.1, 0.15) is 28.1 Å². The van der Waals surface area contributed by atoms with Gasteiger partial charge in [-0.3, -0.25) is 9.59 Å². The molecule has 1 fully saturated rings. The highest BCUT2D eigenvalue weighted by Crippen LogP contribution is 2.28.